The van der Waals surface area contributed by atoms with Crippen LogP contribution < -0.4 is 10.6 Å². The third-order valence-electron chi connectivity index (χ3n) is 3.34. The van der Waals surface area contributed by atoms with E-state index in [0.717, 1.165) is 0 Å². The van der Waals surface area contributed by atoms with Gasteiger partial charge in [0.2, 0.25) is 5.91 Å². The van der Waals surface area contributed by atoms with Crippen LogP contribution in [0.1, 0.15) is 16.8 Å². The van der Waals surface area contributed by atoms with Crippen molar-refractivity contribution in [1.82, 2.24) is 5.32 Å². The third kappa shape index (κ3) is 6.66. The lowest BCUT2D eigenvalue weighted by Crippen LogP contribution is -2.27. The summed E-state index contributed by atoms with van der Waals surface area (Å²) in [5.41, 5.74) is 0.581. The fourth-order valence-corrected chi connectivity index (χ4v) is 2.57. The van der Waals surface area contributed by atoms with Gasteiger partial charge in [-0.3, -0.25) is 19.7 Å². The van der Waals surface area contributed by atoms with Crippen LogP contribution in [0.5, 0.6) is 0 Å². The van der Waals surface area contributed by atoms with Crippen molar-refractivity contribution >= 4 is 35.0 Å². The highest BCUT2D eigenvalue weighted by molar-refractivity contribution is 7.99. The first-order chi connectivity index (χ1) is 12.8. The van der Waals surface area contributed by atoms with Crippen LogP contribution in [0.4, 0.5) is 20.2 Å². The Bertz CT molecular complexity index is 814. The van der Waals surface area contributed by atoms with E-state index in [2.05, 4.69) is 10.6 Å². The van der Waals surface area contributed by atoms with Crippen molar-refractivity contribution in [2.75, 3.05) is 11.9 Å². The van der Waals surface area contributed by atoms with E-state index >= 15 is 0 Å². The molecule has 0 saturated carbocycles. The number of anilines is 1. The molecular weight excluding hydrogens is 380 g/mol. The van der Waals surface area contributed by atoms with E-state index in [4.69, 9.17) is 0 Å². The van der Waals surface area contributed by atoms with Crippen LogP contribution in [0.2, 0.25) is 0 Å². The number of carbonyl (C=O) groups is 2. The monoisotopic (exact) mass is 395 g/mol. The minimum Gasteiger partial charge on any atom is -0.352 e. The van der Waals surface area contributed by atoms with E-state index in [-0.39, 0.29) is 30.1 Å². The molecule has 0 saturated heterocycles. The molecule has 0 aromatic heterocycles. The van der Waals surface area contributed by atoms with Gasteiger partial charge in [-0.1, -0.05) is 11.8 Å². The number of nitrogens with zero attached hydrogens (tertiary/aromatic N) is 1. The van der Waals surface area contributed by atoms with Crippen LogP contribution >= 0.6 is 11.8 Å². The normalized spacial score (nSPS) is 10.5. The zero-order valence-corrected chi connectivity index (χ0v) is 14.7. The van der Waals surface area contributed by atoms with Gasteiger partial charge in [0.05, 0.1) is 4.92 Å². The second-order valence-electron chi connectivity index (χ2n) is 5.26. The standard InChI is InChI=1S/C17H15F2N3O4S/c18-17(19)27-14-7-3-12(4-8-14)21-15(23)9-10-20-16(24)11-1-5-13(6-2-11)22(25)26/h1-8,17H,9-10H2,(H,20,24)(H,21,23). The molecule has 0 bridgehead atoms. The van der Waals surface area contributed by atoms with E-state index in [0.29, 0.717) is 22.3 Å². The topological polar surface area (TPSA) is 101 Å². The number of nitrogens with one attached hydrogen (secondary N) is 2. The Kier molecular flexibility index (Phi) is 7.24. The summed E-state index contributed by atoms with van der Waals surface area (Å²) in [5.74, 6) is -3.32. The summed E-state index contributed by atoms with van der Waals surface area (Å²) in [6, 6.07) is 11.1. The number of halogens is 2. The number of benzene rings is 2. The molecule has 27 heavy (non-hydrogen) atoms. The smallest absolute Gasteiger partial charge is 0.288 e. The van der Waals surface area contributed by atoms with Crippen molar-refractivity contribution in [2.45, 2.75) is 17.1 Å². The molecule has 2 rings (SSSR count). The summed E-state index contributed by atoms with van der Waals surface area (Å²) in [6.45, 7) is 0.0704. The lowest BCUT2D eigenvalue weighted by Gasteiger charge is -2.08. The Balaban J connectivity index is 1.76. The molecule has 0 aliphatic heterocycles. The molecule has 10 heteroatoms. The van der Waals surface area contributed by atoms with Crippen LogP contribution in [0.15, 0.2) is 53.4 Å². The van der Waals surface area contributed by atoms with Gasteiger partial charge in [0.1, 0.15) is 0 Å². The number of carbonyl (C=O) groups excluding carboxylic acids is 2. The molecule has 2 amide bonds. The highest BCUT2D eigenvalue weighted by atomic mass is 32.2. The Morgan fingerprint density at radius 1 is 1.07 bits per heavy atom. The van der Waals surface area contributed by atoms with Crippen LogP contribution in [0.3, 0.4) is 0 Å². The van der Waals surface area contributed by atoms with E-state index in [1.807, 2.05) is 0 Å². The van der Waals surface area contributed by atoms with Crippen molar-refractivity contribution in [3.05, 3.63) is 64.2 Å². The first kappa shape index (κ1) is 20.3. The molecule has 0 fully saturated rings. The largest absolute Gasteiger partial charge is 0.352 e. The second-order valence-corrected chi connectivity index (χ2v) is 6.32. The average Bonchev–Trinajstić information content (AvgIpc) is 2.63. The number of nitro benzene ring substituents is 1. The van der Waals surface area contributed by atoms with Gasteiger partial charge in [0.15, 0.2) is 0 Å². The molecule has 7 nitrogen and oxygen atoms in total. The van der Waals surface area contributed by atoms with Gasteiger partial charge >= 0.3 is 0 Å². The number of nitro groups is 1. The minimum absolute atomic E-state index is 0.00621. The fraction of sp³-hybridized carbons (Fsp3) is 0.176. The zero-order valence-electron chi connectivity index (χ0n) is 13.9. The van der Waals surface area contributed by atoms with Crippen molar-refractivity contribution < 1.29 is 23.3 Å². The van der Waals surface area contributed by atoms with Crippen LogP contribution in [0.25, 0.3) is 0 Å². The van der Waals surface area contributed by atoms with Gasteiger partial charge in [-0.25, -0.2) is 0 Å². The Labute approximate surface area is 157 Å². The summed E-state index contributed by atoms with van der Waals surface area (Å²) in [4.78, 5) is 34.2. The summed E-state index contributed by atoms with van der Waals surface area (Å²) in [7, 11) is 0. The number of amides is 2. The van der Waals surface area contributed by atoms with E-state index in [9.17, 15) is 28.5 Å². The van der Waals surface area contributed by atoms with E-state index in [1.54, 1.807) is 0 Å². The third-order valence-corrected chi connectivity index (χ3v) is 4.06. The number of rotatable bonds is 8. The lowest BCUT2D eigenvalue weighted by atomic mass is 10.2. The fourth-order valence-electron chi connectivity index (χ4n) is 2.07. The maximum Gasteiger partial charge on any atom is 0.288 e. The quantitative estimate of drug-likeness (QED) is 0.403. The Morgan fingerprint density at radius 2 is 1.70 bits per heavy atom. The SMILES string of the molecule is O=C(CCNC(=O)c1ccc([N+](=O)[O-])cc1)Nc1ccc(SC(F)F)cc1. The summed E-state index contributed by atoms with van der Waals surface area (Å²) in [6.07, 6.45) is 0.00621. The second kappa shape index (κ2) is 9.62. The number of non-ortho nitro benzene ring substituents is 1. The molecule has 2 aromatic rings. The maximum atomic E-state index is 12.2. The summed E-state index contributed by atoms with van der Waals surface area (Å²) >= 11 is 0.413. The van der Waals surface area contributed by atoms with E-state index < -0.39 is 16.6 Å². The van der Waals surface area contributed by atoms with Crippen LogP contribution in [0, 0.1) is 10.1 Å². The molecule has 0 spiro atoms. The number of hydrogen-bond acceptors (Lipinski definition) is 5. The lowest BCUT2D eigenvalue weighted by molar-refractivity contribution is -0.384. The van der Waals surface area contributed by atoms with Gasteiger partial charge in [0.25, 0.3) is 17.4 Å². The molecule has 0 aliphatic carbocycles. The minimum atomic E-state index is -2.51. The summed E-state index contributed by atoms with van der Waals surface area (Å²) < 4.78 is 24.5. The molecule has 2 aromatic carbocycles. The first-order valence-corrected chi connectivity index (χ1v) is 8.60. The van der Waals surface area contributed by atoms with Crippen LogP contribution in [-0.4, -0.2) is 29.0 Å². The van der Waals surface area contributed by atoms with Crippen molar-refractivity contribution in [2.24, 2.45) is 0 Å². The zero-order chi connectivity index (χ0) is 19.8. The molecule has 0 atom stereocenters. The molecule has 0 unspecified atom stereocenters. The van der Waals surface area contributed by atoms with Gasteiger partial charge in [0, 0.05) is 41.2 Å². The summed E-state index contributed by atoms with van der Waals surface area (Å²) in [5, 5.41) is 15.7. The molecule has 0 radical (unpaired) electrons. The van der Waals surface area contributed by atoms with Gasteiger partial charge in [-0.15, -0.1) is 0 Å². The first-order valence-electron chi connectivity index (χ1n) is 7.72. The molecular formula is C17H15F2N3O4S. The number of hydrogen-bond donors (Lipinski definition) is 2. The molecule has 2 N–H and O–H groups in total. The molecule has 142 valence electrons. The van der Waals surface area contributed by atoms with Crippen molar-refractivity contribution in [3.8, 4) is 0 Å². The predicted octanol–water partition coefficient (Wildman–Crippen LogP) is 3.67. The Morgan fingerprint density at radius 3 is 2.26 bits per heavy atom. The number of thioether (sulfide) groups is 1. The maximum absolute atomic E-state index is 12.2. The average molecular weight is 395 g/mol. The highest BCUT2D eigenvalue weighted by Crippen LogP contribution is 2.26. The van der Waals surface area contributed by atoms with E-state index in [1.165, 1.54) is 48.5 Å². The Hall–Kier alpha value is -3.01. The van der Waals surface area contributed by atoms with Gasteiger partial charge in [-0.2, -0.15) is 8.78 Å². The van der Waals surface area contributed by atoms with Gasteiger partial charge < -0.3 is 10.6 Å². The van der Waals surface area contributed by atoms with Gasteiger partial charge in [-0.05, 0) is 36.4 Å². The molecule has 0 aliphatic rings. The molecule has 0 heterocycles. The van der Waals surface area contributed by atoms with Crippen molar-refractivity contribution in [1.29, 1.82) is 0 Å². The van der Waals surface area contributed by atoms with Crippen molar-refractivity contribution in [3.63, 3.8) is 0 Å². The number of alkyl halides is 2. The highest BCUT2D eigenvalue weighted by Gasteiger charge is 2.10. The predicted molar refractivity (Wildman–Crippen MR) is 97.0 cm³/mol. The van der Waals surface area contributed by atoms with Crippen LogP contribution in [-0.2, 0) is 4.79 Å².